The van der Waals surface area contributed by atoms with Gasteiger partial charge in [0.1, 0.15) is 11.8 Å². The molecule has 2 aliphatic rings. The fraction of sp³-hybridized carbons (Fsp3) is 0.292. The predicted molar refractivity (Wildman–Crippen MR) is 118 cm³/mol. The molecule has 8 heteroatoms. The number of hydrogen-bond acceptors (Lipinski definition) is 6. The van der Waals surface area contributed by atoms with Crippen LogP contribution in [-0.4, -0.2) is 44.5 Å². The molecule has 4 rings (SSSR count). The summed E-state index contributed by atoms with van der Waals surface area (Å²) in [4.78, 5) is 41.1. The quantitative estimate of drug-likeness (QED) is 0.514. The average Bonchev–Trinajstić information content (AvgIpc) is 3.20. The smallest absolute Gasteiger partial charge is 0.417 e. The van der Waals surface area contributed by atoms with Gasteiger partial charge in [-0.05, 0) is 37.1 Å². The summed E-state index contributed by atoms with van der Waals surface area (Å²) < 4.78 is 16.1. The molecule has 2 amide bonds. The van der Waals surface area contributed by atoms with E-state index in [1.165, 1.54) is 30.1 Å². The van der Waals surface area contributed by atoms with Gasteiger partial charge < -0.3 is 14.2 Å². The topological polar surface area (TPSA) is 85.4 Å². The Labute approximate surface area is 186 Å². The van der Waals surface area contributed by atoms with E-state index in [2.05, 4.69) is 0 Å². The first kappa shape index (κ1) is 21.4. The van der Waals surface area contributed by atoms with Crippen molar-refractivity contribution in [2.24, 2.45) is 0 Å². The molecule has 166 valence electrons. The second-order valence-corrected chi connectivity index (χ2v) is 7.73. The van der Waals surface area contributed by atoms with Gasteiger partial charge in [0.05, 0.1) is 25.6 Å². The standard InChI is InChI=1S/C24H24N2O6/c1-14-10-18-19(11-15(14)2)26(24(29)31-4)22-20(25(18)23(28)30-3)12-17(32-22)13-21(27)16-8-6-5-7-9-16/h5-11,13,20,22H,12H2,1-4H3/b17-13+/t20-,22+/m0/s1. The van der Waals surface area contributed by atoms with Gasteiger partial charge in [0.2, 0.25) is 6.23 Å². The van der Waals surface area contributed by atoms with Crippen LogP contribution in [0.3, 0.4) is 0 Å². The molecule has 1 saturated heterocycles. The number of aryl methyl sites for hydroxylation is 2. The van der Waals surface area contributed by atoms with Gasteiger partial charge in [0, 0.05) is 18.1 Å². The van der Waals surface area contributed by atoms with Crippen molar-refractivity contribution < 1.29 is 28.6 Å². The molecule has 0 aliphatic carbocycles. The number of ether oxygens (including phenoxy) is 3. The van der Waals surface area contributed by atoms with E-state index in [1.807, 2.05) is 32.0 Å². The van der Waals surface area contributed by atoms with Crippen molar-refractivity contribution in [1.82, 2.24) is 0 Å². The second kappa shape index (κ2) is 8.37. The molecule has 2 aromatic rings. The van der Waals surface area contributed by atoms with E-state index < -0.39 is 24.5 Å². The third-order valence-electron chi connectivity index (χ3n) is 5.80. The summed E-state index contributed by atoms with van der Waals surface area (Å²) in [5.74, 6) is 0.149. The summed E-state index contributed by atoms with van der Waals surface area (Å²) in [6.07, 6.45) is -0.429. The molecular formula is C24H24N2O6. The highest BCUT2D eigenvalue weighted by Crippen LogP contribution is 2.46. The first-order chi connectivity index (χ1) is 15.3. The van der Waals surface area contributed by atoms with E-state index in [4.69, 9.17) is 14.2 Å². The minimum atomic E-state index is -0.869. The molecule has 0 saturated carbocycles. The Morgan fingerprint density at radius 1 is 0.938 bits per heavy atom. The Bertz CT molecular complexity index is 1050. The molecule has 2 heterocycles. The Hall–Kier alpha value is -3.81. The number of anilines is 2. The maximum atomic E-state index is 12.8. The van der Waals surface area contributed by atoms with Crippen molar-refractivity contribution in [3.05, 3.63) is 71.0 Å². The molecule has 2 aliphatic heterocycles. The lowest BCUT2D eigenvalue weighted by Crippen LogP contribution is -2.58. The molecule has 8 nitrogen and oxygen atoms in total. The lowest BCUT2D eigenvalue weighted by atomic mass is 10.00. The van der Waals surface area contributed by atoms with Gasteiger partial charge in [0.15, 0.2) is 5.78 Å². The van der Waals surface area contributed by atoms with Gasteiger partial charge in [-0.15, -0.1) is 0 Å². The van der Waals surface area contributed by atoms with Crippen molar-refractivity contribution in [2.75, 3.05) is 24.0 Å². The maximum Gasteiger partial charge on any atom is 0.417 e. The SMILES string of the molecule is COC(=O)N1c2cc(C)c(C)cc2N(C(=O)OC)[C@H]2C/C(=C\C(=O)c3ccccc3)O[C@H]21. The highest BCUT2D eigenvalue weighted by Gasteiger charge is 2.51. The zero-order valence-electron chi connectivity index (χ0n) is 18.3. The third-order valence-corrected chi connectivity index (χ3v) is 5.80. The van der Waals surface area contributed by atoms with Gasteiger partial charge in [-0.1, -0.05) is 30.3 Å². The van der Waals surface area contributed by atoms with Crippen LogP contribution < -0.4 is 9.80 Å². The minimum Gasteiger partial charge on any atom is -0.472 e. The lowest BCUT2D eigenvalue weighted by molar-refractivity contribution is 0.102. The van der Waals surface area contributed by atoms with Crippen LogP contribution in [0.25, 0.3) is 0 Å². The number of nitrogens with zero attached hydrogens (tertiary/aromatic N) is 2. The molecule has 0 N–H and O–H groups in total. The molecule has 0 radical (unpaired) electrons. The van der Waals surface area contributed by atoms with Crippen LogP contribution in [0.4, 0.5) is 21.0 Å². The number of rotatable bonds is 2. The Kier molecular flexibility index (Phi) is 5.61. The largest absolute Gasteiger partial charge is 0.472 e. The first-order valence-electron chi connectivity index (χ1n) is 10.2. The van der Waals surface area contributed by atoms with Crippen LogP contribution in [0.5, 0.6) is 0 Å². The summed E-state index contributed by atoms with van der Waals surface area (Å²) in [5, 5.41) is 0. The number of fused-ring (bicyclic) bond motifs is 2. The number of hydrogen-bond donors (Lipinski definition) is 0. The number of amides is 2. The number of methoxy groups -OCH3 is 2. The van der Waals surface area contributed by atoms with Crippen molar-refractivity contribution in [3.8, 4) is 0 Å². The van der Waals surface area contributed by atoms with Crippen molar-refractivity contribution in [2.45, 2.75) is 32.5 Å². The summed E-state index contributed by atoms with van der Waals surface area (Å²) in [7, 11) is 2.59. The maximum absolute atomic E-state index is 12.8. The van der Waals surface area contributed by atoms with Crippen LogP contribution in [0, 0.1) is 13.8 Å². The van der Waals surface area contributed by atoms with Crippen LogP contribution in [-0.2, 0) is 14.2 Å². The lowest BCUT2D eigenvalue weighted by Gasteiger charge is -2.42. The third kappa shape index (κ3) is 3.57. The first-order valence-corrected chi connectivity index (χ1v) is 10.2. The number of benzene rings is 2. The zero-order chi connectivity index (χ0) is 23.0. The van der Waals surface area contributed by atoms with E-state index in [-0.39, 0.29) is 12.2 Å². The van der Waals surface area contributed by atoms with E-state index in [0.717, 1.165) is 11.1 Å². The molecule has 2 aromatic carbocycles. The van der Waals surface area contributed by atoms with Crippen LogP contribution in [0.2, 0.25) is 0 Å². The van der Waals surface area contributed by atoms with E-state index in [0.29, 0.717) is 22.7 Å². The summed E-state index contributed by atoms with van der Waals surface area (Å²) in [6.45, 7) is 3.84. The van der Waals surface area contributed by atoms with Crippen molar-refractivity contribution in [3.63, 3.8) is 0 Å². The summed E-state index contributed by atoms with van der Waals surface area (Å²) >= 11 is 0. The van der Waals surface area contributed by atoms with Crippen LogP contribution in [0.15, 0.2) is 54.3 Å². The molecule has 1 fully saturated rings. The van der Waals surface area contributed by atoms with Gasteiger partial charge >= 0.3 is 12.2 Å². The van der Waals surface area contributed by atoms with Crippen LogP contribution >= 0.6 is 0 Å². The van der Waals surface area contributed by atoms with Crippen molar-refractivity contribution in [1.29, 1.82) is 0 Å². The monoisotopic (exact) mass is 436 g/mol. The van der Waals surface area contributed by atoms with E-state index in [1.54, 1.807) is 24.3 Å². The van der Waals surface area contributed by atoms with Crippen molar-refractivity contribution >= 4 is 29.3 Å². The highest BCUT2D eigenvalue weighted by molar-refractivity contribution is 6.05. The zero-order valence-corrected chi connectivity index (χ0v) is 18.3. The fourth-order valence-corrected chi connectivity index (χ4v) is 4.08. The molecule has 0 bridgehead atoms. The number of carbonyl (C=O) groups excluding carboxylic acids is 3. The van der Waals surface area contributed by atoms with E-state index in [9.17, 15) is 14.4 Å². The predicted octanol–water partition coefficient (Wildman–Crippen LogP) is 4.34. The second-order valence-electron chi connectivity index (χ2n) is 7.73. The molecule has 2 atom stereocenters. The number of carbonyl (C=O) groups is 3. The number of allylic oxidation sites excluding steroid dienone is 1. The Balaban J connectivity index is 1.80. The average molecular weight is 436 g/mol. The Morgan fingerprint density at radius 3 is 2.09 bits per heavy atom. The molecule has 0 aromatic heterocycles. The number of ketones is 1. The van der Waals surface area contributed by atoms with Crippen LogP contribution in [0.1, 0.15) is 27.9 Å². The van der Waals surface area contributed by atoms with E-state index >= 15 is 0 Å². The van der Waals surface area contributed by atoms with Gasteiger partial charge in [-0.2, -0.15) is 0 Å². The molecule has 32 heavy (non-hydrogen) atoms. The van der Waals surface area contributed by atoms with Gasteiger partial charge in [-0.25, -0.2) is 14.5 Å². The molecule has 0 spiro atoms. The fourth-order valence-electron chi connectivity index (χ4n) is 4.08. The van der Waals surface area contributed by atoms with Gasteiger partial charge in [-0.3, -0.25) is 9.69 Å². The molecule has 0 unspecified atom stereocenters. The minimum absolute atomic E-state index is 0.224. The molecular weight excluding hydrogens is 412 g/mol. The summed E-state index contributed by atoms with van der Waals surface area (Å²) in [6, 6.07) is 11.9. The Morgan fingerprint density at radius 2 is 1.50 bits per heavy atom. The normalized spacial score (nSPS) is 20.3. The highest BCUT2D eigenvalue weighted by atomic mass is 16.6. The van der Waals surface area contributed by atoms with Gasteiger partial charge in [0.25, 0.3) is 0 Å². The summed E-state index contributed by atoms with van der Waals surface area (Å²) in [5.41, 5.74) is 3.40.